The highest BCUT2D eigenvalue weighted by atomic mass is 32.2. The monoisotopic (exact) mass is 326 g/mol. The van der Waals surface area contributed by atoms with Crippen molar-refractivity contribution in [2.75, 3.05) is 0 Å². The number of nitrogens with zero attached hydrogens (tertiary/aromatic N) is 6. The first-order valence-corrected chi connectivity index (χ1v) is 7.85. The minimum Gasteiger partial charge on any atom is -0.262 e. The molecule has 0 saturated heterocycles. The second-order valence-electron chi connectivity index (χ2n) is 4.77. The van der Waals surface area contributed by atoms with Gasteiger partial charge in [0.05, 0.1) is 23.1 Å². The van der Waals surface area contributed by atoms with E-state index < -0.39 is 0 Å². The van der Waals surface area contributed by atoms with Gasteiger partial charge in [0.25, 0.3) is 0 Å². The Morgan fingerprint density at radius 3 is 2.74 bits per heavy atom. The molecule has 114 valence electrons. The molecule has 3 aromatic heterocycles. The molecule has 1 aromatic carbocycles. The normalized spacial score (nSPS) is 11.2. The van der Waals surface area contributed by atoms with E-state index in [1.165, 1.54) is 18.5 Å². The number of halogens is 1. The molecular formula is C15H11FN6S. The number of thioether (sulfide) groups is 1. The second-order valence-corrected chi connectivity index (χ2v) is 5.70. The summed E-state index contributed by atoms with van der Waals surface area (Å²) in [6.07, 6.45) is 6.87. The van der Waals surface area contributed by atoms with Gasteiger partial charge in [0.1, 0.15) is 17.2 Å². The number of hydrogen-bond acceptors (Lipinski definition) is 5. The molecule has 8 heteroatoms. The Kier molecular flexibility index (Phi) is 3.51. The lowest BCUT2D eigenvalue weighted by atomic mass is 10.3. The lowest BCUT2D eigenvalue weighted by molar-refractivity contribution is 0.627. The van der Waals surface area contributed by atoms with Gasteiger partial charge in [-0.05, 0) is 30.3 Å². The maximum Gasteiger partial charge on any atom is 0.167 e. The Morgan fingerprint density at radius 1 is 1.09 bits per heavy atom. The molecule has 3 heterocycles. The molecule has 0 radical (unpaired) electrons. The van der Waals surface area contributed by atoms with Crippen molar-refractivity contribution in [2.45, 2.75) is 10.9 Å². The van der Waals surface area contributed by atoms with Crippen LogP contribution in [0.4, 0.5) is 4.39 Å². The summed E-state index contributed by atoms with van der Waals surface area (Å²) < 4.78 is 16.6. The van der Waals surface area contributed by atoms with Gasteiger partial charge in [0, 0.05) is 12.4 Å². The van der Waals surface area contributed by atoms with Crippen molar-refractivity contribution in [3.8, 4) is 5.69 Å². The van der Waals surface area contributed by atoms with Crippen LogP contribution in [0.1, 0.15) is 0 Å². The van der Waals surface area contributed by atoms with Crippen molar-refractivity contribution in [1.82, 2.24) is 29.5 Å². The van der Waals surface area contributed by atoms with Gasteiger partial charge in [-0.25, -0.2) is 19.0 Å². The Bertz CT molecular complexity index is 932. The van der Waals surface area contributed by atoms with Gasteiger partial charge in [-0.1, -0.05) is 11.8 Å². The van der Waals surface area contributed by atoms with Crippen molar-refractivity contribution in [1.29, 1.82) is 0 Å². The maximum absolute atomic E-state index is 13.1. The summed E-state index contributed by atoms with van der Waals surface area (Å²) in [6, 6.07) is 8.01. The van der Waals surface area contributed by atoms with E-state index in [0.29, 0.717) is 11.5 Å². The van der Waals surface area contributed by atoms with Gasteiger partial charge in [0.2, 0.25) is 0 Å². The molecule has 0 spiro atoms. The fourth-order valence-electron chi connectivity index (χ4n) is 2.21. The zero-order valence-corrected chi connectivity index (χ0v) is 12.7. The minimum absolute atomic E-state index is 0.282. The third kappa shape index (κ3) is 2.68. The summed E-state index contributed by atoms with van der Waals surface area (Å²) in [5, 5.41) is 10.2. The predicted molar refractivity (Wildman–Crippen MR) is 84.7 cm³/mol. The fourth-order valence-corrected chi connectivity index (χ4v) is 3.04. The molecule has 0 amide bonds. The van der Waals surface area contributed by atoms with Gasteiger partial charge in [-0.3, -0.25) is 4.68 Å². The Balaban J connectivity index is 1.70. The Hall–Kier alpha value is -2.74. The smallest absolute Gasteiger partial charge is 0.167 e. The molecule has 0 unspecified atom stereocenters. The van der Waals surface area contributed by atoms with E-state index in [1.54, 1.807) is 41.0 Å². The molecule has 6 nitrogen and oxygen atoms in total. The molecule has 0 fully saturated rings. The first kappa shape index (κ1) is 13.9. The lowest BCUT2D eigenvalue weighted by Crippen LogP contribution is -1.98. The highest BCUT2D eigenvalue weighted by Crippen LogP contribution is 2.26. The van der Waals surface area contributed by atoms with Crippen molar-refractivity contribution >= 4 is 22.8 Å². The van der Waals surface area contributed by atoms with Crippen LogP contribution in [0.3, 0.4) is 0 Å². The highest BCUT2D eigenvalue weighted by Gasteiger charge is 2.11. The third-order valence-electron chi connectivity index (χ3n) is 3.29. The van der Waals surface area contributed by atoms with E-state index in [1.807, 2.05) is 16.9 Å². The van der Waals surface area contributed by atoms with Crippen LogP contribution in [0.2, 0.25) is 0 Å². The molecule has 0 atom stereocenters. The van der Waals surface area contributed by atoms with Crippen LogP contribution >= 0.6 is 11.8 Å². The van der Waals surface area contributed by atoms with Gasteiger partial charge < -0.3 is 0 Å². The van der Waals surface area contributed by atoms with Crippen LogP contribution < -0.4 is 0 Å². The number of benzene rings is 1. The standard InChI is InChI=1S/C15H11FN6S/c16-11-2-4-12(5-3-11)22-14-13(8-20-22)15(18-9-17-14)23-10-21-7-1-6-19-21/h1-9H,10H2. The van der Waals surface area contributed by atoms with Crippen LogP contribution in [0.5, 0.6) is 0 Å². The molecule has 0 bridgehead atoms. The third-order valence-corrected chi connectivity index (χ3v) is 4.29. The van der Waals surface area contributed by atoms with Crippen LogP contribution in [-0.2, 0) is 5.88 Å². The Morgan fingerprint density at radius 2 is 1.96 bits per heavy atom. The van der Waals surface area contributed by atoms with Crippen LogP contribution in [0, 0.1) is 5.82 Å². The van der Waals surface area contributed by atoms with Gasteiger partial charge >= 0.3 is 0 Å². The van der Waals surface area contributed by atoms with E-state index in [2.05, 4.69) is 20.2 Å². The molecular weight excluding hydrogens is 315 g/mol. The molecule has 0 saturated carbocycles. The van der Waals surface area contributed by atoms with E-state index in [9.17, 15) is 4.39 Å². The number of fused-ring (bicyclic) bond motifs is 1. The summed E-state index contributed by atoms with van der Waals surface area (Å²) in [7, 11) is 0. The van der Waals surface area contributed by atoms with Crippen molar-refractivity contribution < 1.29 is 4.39 Å². The lowest BCUT2D eigenvalue weighted by Gasteiger charge is -2.04. The largest absolute Gasteiger partial charge is 0.262 e. The summed E-state index contributed by atoms with van der Waals surface area (Å²) in [5.74, 6) is 0.371. The highest BCUT2D eigenvalue weighted by molar-refractivity contribution is 7.98. The summed E-state index contributed by atoms with van der Waals surface area (Å²) >= 11 is 1.55. The molecule has 0 aliphatic heterocycles. The fraction of sp³-hybridized carbons (Fsp3) is 0.0667. The number of hydrogen-bond donors (Lipinski definition) is 0. The van der Waals surface area contributed by atoms with Gasteiger partial charge in [-0.15, -0.1) is 0 Å². The SMILES string of the molecule is Fc1ccc(-n2ncc3c(SCn4cccn4)ncnc32)cc1. The second kappa shape index (κ2) is 5.81. The first-order chi connectivity index (χ1) is 11.3. The molecule has 0 N–H and O–H groups in total. The number of rotatable bonds is 4. The summed E-state index contributed by atoms with van der Waals surface area (Å²) in [6.45, 7) is 0. The van der Waals surface area contributed by atoms with Crippen molar-refractivity contribution in [3.63, 3.8) is 0 Å². The first-order valence-electron chi connectivity index (χ1n) is 6.86. The quantitative estimate of drug-likeness (QED) is 0.426. The average Bonchev–Trinajstić information content (AvgIpc) is 3.23. The summed E-state index contributed by atoms with van der Waals surface area (Å²) in [5.41, 5.74) is 1.44. The van der Waals surface area contributed by atoms with E-state index in [0.717, 1.165) is 16.1 Å². The zero-order valence-electron chi connectivity index (χ0n) is 11.9. The van der Waals surface area contributed by atoms with Crippen LogP contribution in [0.15, 0.2) is 60.3 Å². The van der Waals surface area contributed by atoms with E-state index in [-0.39, 0.29) is 5.82 Å². The molecule has 4 rings (SSSR count). The summed E-state index contributed by atoms with van der Waals surface area (Å²) in [4.78, 5) is 8.63. The topological polar surface area (TPSA) is 61.4 Å². The molecule has 0 aliphatic carbocycles. The molecule has 0 aliphatic rings. The maximum atomic E-state index is 13.1. The van der Waals surface area contributed by atoms with Crippen LogP contribution in [0.25, 0.3) is 16.7 Å². The molecule has 4 aromatic rings. The van der Waals surface area contributed by atoms with Crippen LogP contribution in [-0.4, -0.2) is 29.5 Å². The van der Waals surface area contributed by atoms with Gasteiger partial charge in [-0.2, -0.15) is 10.2 Å². The van der Waals surface area contributed by atoms with Crippen molar-refractivity contribution in [3.05, 3.63) is 61.1 Å². The predicted octanol–water partition coefficient (Wildman–Crippen LogP) is 2.90. The van der Waals surface area contributed by atoms with Gasteiger partial charge in [0.15, 0.2) is 5.65 Å². The minimum atomic E-state index is -0.282. The van der Waals surface area contributed by atoms with Crippen molar-refractivity contribution in [2.24, 2.45) is 0 Å². The zero-order chi connectivity index (χ0) is 15.6. The van der Waals surface area contributed by atoms with E-state index in [4.69, 9.17) is 0 Å². The van der Waals surface area contributed by atoms with E-state index >= 15 is 0 Å². The Labute approximate surface area is 135 Å². The molecule has 23 heavy (non-hydrogen) atoms. The average molecular weight is 326 g/mol. The number of aromatic nitrogens is 6.